The van der Waals surface area contributed by atoms with Gasteiger partial charge < -0.3 is 10.6 Å². The molecule has 21 heavy (non-hydrogen) atoms. The van der Waals surface area contributed by atoms with Crippen LogP contribution in [0.1, 0.15) is 31.2 Å². The largest absolute Gasteiger partial charge is 0.364 e. The van der Waals surface area contributed by atoms with E-state index < -0.39 is 4.92 Å². The van der Waals surface area contributed by atoms with Crippen molar-refractivity contribution in [2.24, 2.45) is 0 Å². The predicted octanol–water partition coefficient (Wildman–Crippen LogP) is 3.44. The lowest BCUT2D eigenvalue weighted by Crippen LogP contribution is -2.13. The van der Waals surface area contributed by atoms with Gasteiger partial charge in [-0.05, 0) is 24.8 Å². The molecule has 2 aromatic rings. The second kappa shape index (κ2) is 6.98. The number of nitro groups is 1. The summed E-state index contributed by atoms with van der Waals surface area (Å²) >= 11 is 1.61. The van der Waals surface area contributed by atoms with Gasteiger partial charge in [0.15, 0.2) is 0 Å². The normalized spacial score (nSPS) is 11.9. The van der Waals surface area contributed by atoms with Crippen LogP contribution in [-0.4, -0.2) is 21.4 Å². The van der Waals surface area contributed by atoms with Crippen molar-refractivity contribution in [3.63, 3.8) is 0 Å². The predicted molar refractivity (Wildman–Crippen MR) is 83.8 cm³/mol. The van der Waals surface area contributed by atoms with Crippen LogP contribution in [0.4, 0.5) is 17.3 Å². The van der Waals surface area contributed by atoms with Crippen molar-refractivity contribution in [2.45, 2.75) is 26.3 Å². The van der Waals surface area contributed by atoms with Crippen molar-refractivity contribution in [3.05, 3.63) is 38.8 Å². The van der Waals surface area contributed by atoms with Crippen LogP contribution in [0.3, 0.4) is 0 Å². The van der Waals surface area contributed by atoms with Crippen LogP contribution in [0.25, 0.3) is 0 Å². The summed E-state index contributed by atoms with van der Waals surface area (Å²) in [5.74, 6) is 0.479. The maximum Gasteiger partial charge on any atom is 0.353 e. The van der Waals surface area contributed by atoms with Gasteiger partial charge in [0.25, 0.3) is 0 Å². The number of thiophene rings is 1. The topological polar surface area (TPSA) is 93.0 Å². The second-order valence-corrected chi connectivity index (χ2v) is 5.31. The molecule has 0 spiro atoms. The third kappa shape index (κ3) is 3.46. The van der Waals surface area contributed by atoms with Crippen LogP contribution >= 0.6 is 11.3 Å². The van der Waals surface area contributed by atoms with E-state index in [1.165, 1.54) is 6.33 Å². The molecule has 2 N–H and O–H groups in total. The molecule has 0 fully saturated rings. The van der Waals surface area contributed by atoms with E-state index in [1.807, 2.05) is 31.4 Å². The molecule has 0 radical (unpaired) electrons. The Labute approximate surface area is 126 Å². The molecule has 0 aromatic carbocycles. The Hall–Kier alpha value is -2.22. The van der Waals surface area contributed by atoms with Gasteiger partial charge >= 0.3 is 5.69 Å². The van der Waals surface area contributed by atoms with Crippen LogP contribution in [0.15, 0.2) is 23.8 Å². The molecule has 2 rings (SSSR count). The molecular formula is C13H17N5O2S. The SMILES string of the molecule is CCNc1ncnc(NC(CC)c2cccs2)c1[N+](=O)[O-]. The minimum Gasteiger partial charge on any atom is -0.364 e. The molecule has 0 amide bonds. The first-order chi connectivity index (χ1) is 10.2. The summed E-state index contributed by atoms with van der Waals surface area (Å²) in [5, 5.41) is 19.4. The highest BCUT2D eigenvalue weighted by Gasteiger charge is 2.24. The van der Waals surface area contributed by atoms with Crippen LogP contribution < -0.4 is 10.6 Å². The molecule has 0 saturated heterocycles. The molecule has 0 aliphatic heterocycles. The standard InChI is InChI=1S/C13H17N5O2S/c1-3-9(10-6-5-7-21-10)17-13-11(18(19)20)12(14-4-2)15-8-16-13/h5-9H,3-4H2,1-2H3,(H2,14,15,16,17). The van der Waals surface area contributed by atoms with Gasteiger partial charge in [0.1, 0.15) is 6.33 Å². The van der Waals surface area contributed by atoms with Gasteiger partial charge in [0, 0.05) is 11.4 Å². The summed E-state index contributed by atoms with van der Waals surface area (Å²) in [5.41, 5.74) is -0.116. The zero-order chi connectivity index (χ0) is 15.2. The number of hydrogen-bond acceptors (Lipinski definition) is 7. The minimum absolute atomic E-state index is 0.00641. The van der Waals surface area contributed by atoms with Gasteiger partial charge in [-0.15, -0.1) is 11.3 Å². The molecule has 112 valence electrons. The van der Waals surface area contributed by atoms with Gasteiger partial charge in [-0.1, -0.05) is 13.0 Å². The lowest BCUT2D eigenvalue weighted by molar-refractivity contribution is -0.383. The van der Waals surface area contributed by atoms with E-state index in [0.717, 1.165) is 11.3 Å². The summed E-state index contributed by atoms with van der Waals surface area (Å²) in [6.45, 7) is 4.44. The number of rotatable bonds is 7. The molecule has 1 atom stereocenters. The van der Waals surface area contributed by atoms with E-state index in [-0.39, 0.29) is 23.4 Å². The van der Waals surface area contributed by atoms with E-state index in [9.17, 15) is 10.1 Å². The first kappa shape index (κ1) is 15.2. The highest BCUT2D eigenvalue weighted by atomic mass is 32.1. The monoisotopic (exact) mass is 307 g/mol. The molecule has 2 aromatic heterocycles. The zero-order valence-corrected chi connectivity index (χ0v) is 12.7. The number of aromatic nitrogens is 2. The second-order valence-electron chi connectivity index (χ2n) is 4.33. The fourth-order valence-electron chi connectivity index (χ4n) is 1.98. The molecule has 8 heteroatoms. The Morgan fingerprint density at radius 2 is 2.14 bits per heavy atom. The summed E-state index contributed by atoms with van der Waals surface area (Å²) in [7, 11) is 0. The van der Waals surface area contributed by atoms with Crippen molar-refractivity contribution >= 4 is 28.7 Å². The van der Waals surface area contributed by atoms with Crippen molar-refractivity contribution in [1.82, 2.24) is 9.97 Å². The Kier molecular flexibility index (Phi) is 5.04. The Bertz CT molecular complexity index is 603. The number of nitrogens with zero attached hydrogens (tertiary/aromatic N) is 3. The van der Waals surface area contributed by atoms with Gasteiger partial charge in [-0.2, -0.15) is 0 Å². The van der Waals surface area contributed by atoms with Gasteiger partial charge in [-0.3, -0.25) is 10.1 Å². The average molecular weight is 307 g/mol. The molecular weight excluding hydrogens is 290 g/mol. The summed E-state index contributed by atoms with van der Waals surface area (Å²) in [6.07, 6.45) is 2.13. The van der Waals surface area contributed by atoms with Crippen LogP contribution in [0.5, 0.6) is 0 Å². The number of nitrogens with one attached hydrogen (secondary N) is 2. The first-order valence-electron chi connectivity index (χ1n) is 6.70. The molecule has 0 aliphatic carbocycles. The molecule has 2 heterocycles. The van der Waals surface area contributed by atoms with E-state index in [0.29, 0.717) is 6.54 Å². The van der Waals surface area contributed by atoms with E-state index >= 15 is 0 Å². The first-order valence-corrected chi connectivity index (χ1v) is 7.58. The average Bonchev–Trinajstić information content (AvgIpc) is 2.99. The Morgan fingerprint density at radius 1 is 1.38 bits per heavy atom. The van der Waals surface area contributed by atoms with Crippen LogP contribution in [-0.2, 0) is 0 Å². The molecule has 1 unspecified atom stereocenters. The van der Waals surface area contributed by atoms with Crippen molar-refractivity contribution in [3.8, 4) is 0 Å². The summed E-state index contributed by atoms with van der Waals surface area (Å²) < 4.78 is 0. The molecule has 7 nitrogen and oxygen atoms in total. The lowest BCUT2D eigenvalue weighted by Gasteiger charge is -2.16. The molecule has 0 saturated carbocycles. The molecule has 0 aliphatic rings. The van der Waals surface area contributed by atoms with Gasteiger partial charge in [0.05, 0.1) is 11.0 Å². The zero-order valence-electron chi connectivity index (χ0n) is 11.9. The van der Waals surface area contributed by atoms with E-state index in [2.05, 4.69) is 20.6 Å². The quantitative estimate of drug-likeness (QED) is 0.601. The summed E-state index contributed by atoms with van der Waals surface area (Å²) in [4.78, 5) is 20.0. The fourth-order valence-corrected chi connectivity index (χ4v) is 2.84. The fraction of sp³-hybridized carbons (Fsp3) is 0.385. The maximum absolute atomic E-state index is 11.3. The third-order valence-electron chi connectivity index (χ3n) is 2.95. The Balaban J connectivity index is 2.34. The lowest BCUT2D eigenvalue weighted by atomic mass is 10.2. The van der Waals surface area contributed by atoms with Crippen molar-refractivity contribution in [2.75, 3.05) is 17.2 Å². The van der Waals surface area contributed by atoms with E-state index in [1.54, 1.807) is 11.3 Å². The van der Waals surface area contributed by atoms with Crippen molar-refractivity contribution < 1.29 is 4.92 Å². The van der Waals surface area contributed by atoms with Gasteiger partial charge in [0.2, 0.25) is 11.6 Å². The number of anilines is 2. The molecule has 0 bridgehead atoms. The number of hydrogen-bond donors (Lipinski definition) is 2. The highest BCUT2D eigenvalue weighted by Crippen LogP contribution is 2.33. The van der Waals surface area contributed by atoms with Gasteiger partial charge in [-0.25, -0.2) is 9.97 Å². The smallest absolute Gasteiger partial charge is 0.353 e. The van der Waals surface area contributed by atoms with Crippen LogP contribution in [0.2, 0.25) is 0 Å². The maximum atomic E-state index is 11.3. The van der Waals surface area contributed by atoms with E-state index in [4.69, 9.17) is 0 Å². The highest BCUT2D eigenvalue weighted by molar-refractivity contribution is 7.10. The third-order valence-corrected chi connectivity index (χ3v) is 3.94. The summed E-state index contributed by atoms with van der Waals surface area (Å²) in [6, 6.07) is 3.96. The van der Waals surface area contributed by atoms with Crippen LogP contribution in [0, 0.1) is 10.1 Å². The van der Waals surface area contributed by atoms with Crippen molar-refractivity contribution in [1.29, 1.82) is 0 Å². The Morgan fingerprint density at radius 3 is 2.71 bits per heavy atom. The minimum atomic E-state index is -0.457.